The van der Waals surface area contributed by atoms with Crippen LogP contribution in [0.1, 0.15) is 26.2 Å². The van der Waals surface area contributed by atoms with E-state index in [0.29, 0.717) is 5.92 Å². The van der Waals surface area contributed by atoms with Crippen molar-refractivity contribution in [1.29, 1.82) is 0 Å². The molecule has 4 heteroatoms. The molecule has 1 saturated carbocycles. The monoisotopic (exact) mass is 280 g/mol. The summed E-state index contributed by atoms with van der Waals surface area (Å²) in [4.78, 5) is 12.4. The van der Waals surface area contributed by atoms with Crippen molar-refractivity contribution >= 4 is 17.7 Å². The minimum Gasteiger partial charge on any atom is -0.497 e. The number of hydrogen-bond donors (Lipinski definition) is 1. The van der Waals surface area contributed by atoms with E-state index in [1.165, 1.54) is 0 Å². The van der Waals surface area contributed by atoms with Gasteiger partial charge in [-0.1, -0.05) is 6.92 Å². The fourth-order valence-electron chi connectivity index (χ4n) is 2.57. The maximum atomic E-state index is 11.3. The number of benzene rings is 1. The molecule has 0 saturated heterocycles. The maximum absolute atomic E-state index is 11.3. The fraction of sp³-hybridized carbons (Fsp3) is 0.533. The van der Waals surface area contributed by atoms with Gasteiger partial charge in [0.25, 0.3) is 0 Å². The van der Waals surface area contributed by atoms with E-state index >= 15 is 0 Å². The largest absolute Gasteiger partial charge is 0.497 e. The first-order valence-corrected chi connectivity index (χ1v) is 7.51. The smallest absolute Gasteiger partial charge is 0.307 e. The average Bonchev–Trinajstić information content (AvgIpc) is 2.39. The predicted molar refractivity (Wildman–Crippen MR) is 76.8 cm³/mol. The number of ether oxygens (including phenoxy) is 1. The summed E-state index contributed by atoms with van der Waals surface area (Å²) in [5, 5.41) is 9.50. The highest BCUT2D eigenvalue weighted by molar-refractivity contribution is 8.00. The van der Waals surface area contributed by atoms with Gasteiger partial charge in [0, 0.05) is 10.1 Å². The number of aliphatic carboxylic acids is 1. The molecule has 0 radical (unpaired) electrons. The number of rotatable bonds is 4. The molecule has 1 aromatic carbocycles. The number of thioether (sulfide) groups is 1. The van der Waals surface area contributed by atoms with Gasteiger partial charge in [0.1, 0.15) is 5.75 Å². The Morgan fingerprint density at radius 1 is 1.32 bits per heavy atom. The molecule has 3 unspecified atom stereocenters. The number of carboxylic acid groups (broad SMARTS) is 1. The van der Waals surface area contributed by atoms with Crippen molar-refractivity contribution in [3.63, 3.8) is 0 Å². The first kappa shape index (κ1) is 14.3. The summed E-state index contributed by atoms with van der Waals surface area (Å²) in [6.07, 6.45) is 2.80. The lowest BCUT2D eigenvalue weighted by Crippen LogP contribution is -2.31. The lowest BCUT2D eigenvalue weighted by atomic mass is 9.82. The van der Waals surface area contributed by atoms with Crippen LogP contribution in [0.4, 0.5) is 0 Å². The van der Waals surface area contributed by atoms with Crippen molar-refractivity contribution in [2.45, 2.75) is 36.3 Å². The van der Waals surface area contributed by atoms with Gasteiger partial charge in [-0.3, -0.25) is 4.79 Å². The van der Waals surface area contributed by atoms with Gasteiger partial charge in [-0.2, -0.15) is 0 Å². The standard InChI is InChI=1S/C15H20O3S/c1-10-3-8-13(15(16)17)14(9-10)19-12-6-4-11(18-2)5-7-12/h4-7,10,13-14H,3,8-9H2,1-2H3,(H,16,17). The summed E-state index contributed by atoms with van der Waals surface area (Å²) in [7, 11) is 1.64. The van der Waals surface area contributed by atoms with E-state index in [1.54, 1.807) is 18.9 Å². The van der Waals surface area contributed by atoms with Crippen LogP contribution in [0.2, 0.25) is 0 Å². The molecule has 3 atom stereocenters. The molecule has 0 heterocycles. The van der Waals surface area contributed by atoms with Crippen LogP contribution >= 0.6 is 11.8 Å². The summed E-state index contributed by atoms with van der Waals surface area (Å²) in [6, 6.07) is 7.85. The molecule has 19 heavy (non-hydrogen) atoms. The van der Waals surface area contributed by atoms with Crippen LogP contribution in [0.15, 0.2) is 29.2 Å². The topological polar surface area (TPSA) is 46.5 Å². The maximum Gasteiger partial charge on any atom is 0.307 e. The van der Waals surface area contributed by atoms with Crippen LogP contribution in [-0.2, 0) is 4.79 Å². The molecule has 1 aliphatic rings. The van der Waals surface area contributed by atoms with Gasteiger partial charge in [0.05, 0.1) is 13.0 Å². The molecule has 104 valence electrons. The fourth-order valence-corrected chi connectivity index (χ4v) is 4.05. The van der Waals surface area contributed by atoms with Crippen molar-refractivity contribution in [2.75, 3.05) is 7.11 Å². The molecule has 0 aliphatic heterocycles. The van der Waals surface area contributed by atoms with E-state index in [4.69, 9.17) is 4.74 Å². The minimum atomic E-state index is -0.655. The normalized spacial score (nSPS) is 26.9. The number of hydrogen-bond acceptors (Lipinski definition) is 3. The Bertz CT molecular complexity index is 430. The number of carboxylic acids is 1. The summed E-state index contributed by atoms with van der Waals surface area (Å²) in [5.41, 5.74) is 0. The first-order valence-electron chi connectivity index (χ1n) is 6.63. The van der Waals surface area contributed by atoms with E-state index in [0.717, 1.165) is 29.9 Å². The molecule has 0 aromatic heterocycles. The Labute approximate surface area is 118 Å². The minimum absolute atomic E-state index is 0.176. The summed E-state index contributed by atoms with van der Waals surface area (Å²) >= 11 is 1.69. The zero-order valence-corrected chi connectivity index (χ0v) is 12.2. The van der Waals surface area contributed by atoms with Gasteiger partial charge >= 0.3 is 5.97 Å². The lowest BCUT2D eigenvalue weighted by Gasteiger charge is -2.31. The van der Waals surface area contributed by atoms with Crippen molar-refractivity contribution in [3.8, 4) is 5.75 Å². The quantitative estimate of drug-likeness (QED) is 0.914. The molecule has 1 aromatic rings. The highest BCUT2D eigenvalue weighted by Gasteiger charge is 2.34. The van der Waals surface area contributed by atoms with Gasteiger partial charge < -0.3 is 9.84 Å². The van der Waals surface area contributed by atoms with Gasteiger partial charge in [-0.25, -0.2) is 0 Å². The van der Waals surface area contributed by atoms with Crippen LogP contribution in [0, 0.1) is 11.8 Å². The van der Waals surface area contributed by atoms with Crippen LogP contribution in [0.3, 0.4) is 0 Å². The SMILES string of the molecule is COc1ccc(SC2CC(C)CCC2C(=O)O)cc1. The highest BCUT2D eigenvalue weighted by atomic mass is 32.2. The number of methoxy groups -OCH3 is 1. The molecule has 0 amide bonds. The first-order chi connectivity index (χ1) is 9.10. The Morgan fingerprint density at radius 2 is 2.00 bits per heavy atom. The van der Waals surface area contributed by atoms with Gasteiger partial charge in [-0.05, 0) is 49.4 Å². The molecule has 1 fully saturated rings. The van der Waals surface area contributed by atoms with Crippen LogP contribution in [0.5, 0.6) is 5.75 Å². The molecular formula is C15H20O3S. The third-order valence-corrected chi connectivity index (χ3v) is 5.09. The second kappa shape index (κ2) is 6.33. The molecule has 0 bridgehead atoms. The van der Waals surface area contributed by atoms with Crippen molar-refractivity contribution < 1.29 is 14.6 Å². The third-order valence-electron chi connectivity index (χ3n) is 3.72. The zero-order chi connectivity index (χ0) is 13.8. The number of carbonyl (C=O) groups is 1. The molecule has 1 N–H and O–H groups in total. The third kappa shape index (κ3) is 3.66. The highest BCUT2D eigenvalue weighted by Crippen LogP contribution is 2.40. The lowest BCUT2D eigenvalue weighted by molar-refractivity contribution is -0.142. The van der Waals surface area contributed by atoms with Crippen LogP contribution in [0.25, 0.3) is 0 Å². The van der Waals surface area contributed by atoms with Crippen molar-refractivity contribution in [2.24, 2.45) is 11.8 Å². The Kier molecular flexibility index (Phi) is 4.75. The molecule has 3 nitrogen and oxygen atoms in total. The second-order valence-corrected chi connectivity index (χ2v) is 6.51. The molecular weight excluding hydrogens is 260 g/mol. The molecule has 0 spiro atoms. The predicted octanol–water partition coefficient (Wildman–Crippen LogP) is 3.68. The van der Waals surface area contributed by atoms with Gasteiger partial charge in [-0.15, -0.1) is 11.8 Å². The van der Waals surface area contributed by atoms with Gasteiger partial charge in [0.15, 0.2) is 0 Å². The zero-order valence-electron chi connectivity index (χ0n) is 11.3. The van der Waals surface area contributed by atoms with Crippen molar-refractivity contribution in [1.82, 2.24) is 0 Å². The second-order valence-electron chi connectivity index (χ2n) is 5.19. The summed E-state index contributed by atoms with van der Waals surface area (Å²) in [6.45, 7) is 2.21. The van der Waals surface area contributed by atoms with Crippen LogP contribution in [-0.4, -0.2) is 23.4 Å². The Morgan fingerprint density at radius 3 is 2.58 bits per heavy atom. The molecule has 2 rings (SSSR count). The summed E-state index contributed by atoms with van der Waals surface area (Å²) < 4.78 is 5.13. The van der Waals surface area contributed by atoms with E-state index in [1.807, 2.05) is 24.3 Å². The van der Waals surface area contributed by atoms with E-state index in [-0.39, 0.29) is 11.2 Å². The molecule has 1 aliphatic carbocycles. The van der Waals surface area contributed by atoms with Crippen LogP contribution < -0.4 is 4.74 Å². The average molecular weight is 280 g/mol. The van der Waals surface area contributed by atoms with Gasteiger partial charge in [0.2, 0.25) is 0 Å². The summed E-state index contributed by atoms with van der Waals surface area (Å²) in [5.74, 6) is 0.573. The Balaban J connectivity index is 2.07. The Hall–Kier alpha value is -1.16. The van der Waals surface area contributed by atoms with E-state index in [9.17, 15) is 9.90 Å². The van der Waals surface area contributed by atoms with E-state index in [2.05, 4.69) is 6.92 Å². The van der Waals surface area contributed by atoms with Crippen molar-refractivity contribution in [3.05, 3.63) is 24.3 Å². The van der Waals surface area contributed by atoms with E-state index < -0.39 is 5.97 Å².